The van der Waals surface area contributed by atoms with Crippen LogP contribution in [0.4, 0.5) is 0 Å². The third kappa shape index (κ3) is 3.22. The van der Waals surface area contributed by atoms with Gasteiger partial charge in [0, 0.05) is 36.0 Å². The van der Waals surface area contributed by atoms with Gasteiger partial charge in [0.25, 0.3) is 0 Å². The van der Waals surface area contributed by atoms with Gasteiger partial charge < -0.3 is 0 Å². The van der Waals surface area contributed by atoms with E-state index in [1.54, 1.807) is 11.3 Å². The SMILES string of the molecule is Cc1nc(CN2CCS[C@@H](C(C)C)C2)cs1. The monoisotopic (exact) mass is 256 g/mol. The van der Waals surface area contributed by atoms with E-state index in [-0.39, 0.29) is 0 Å². The Morgan fingerprint density at radius 2 is 2.38 bits per heavy atom. The zero-order chi connectivity index (χ0) is 11.5. The number of aryl methyl sites for hydroxylation is 1. The summed E-state index contributed by atoms with van der Waals surface area (Å²) in [7, 11) is 0. The highest BCUT2D eigenvalue weighted by Gasteiger charge is 2.23. The minimum Gasteiger partial charge on any atom is -0.296 e. The lowest BCUT2D eigenvalue weighted by Crippen LogP contribution is -2.39. The van der Waals surface area contributed by atoms with Gasteiger partial charge in [-0.25, -0.2) is 4.98 Å². The lowest BCUT2D eigenvalue weighted by atomic mass is 10.1. The van der Waals surface area contributed by atoms with E-state index in [1.807, 2.05) is 0 Å². The van der Waals surface area contributed by atoms with Gasteiger partial charge in [-0.1, -0.05) is 13.8 Å². The minimum absolute atomic E-state index is 0.782. The number of aromatic nitrogens is 1. The van der Waals surface area contributed by atoms with E-state index in [0.717, 1.165) is 17.7 Å². The molecule has 1 aromatic rings. The van der Waals surface area contributed by atoms with Gasteiger partial charge in [-0.2, -0.15) is 11.8 Å². The van der Waals surface area contributed by atoms with E-state index in [2.05, 4.69) is 47.8 Å². The molecule has 4 heteroatoms. The zero-order valence-corrected chi connectivity index (χ0v) is 11.9. The molecule has 0 unspecified atom stereocenters. The van der Waals surface area contributed by atoms with E-state index in [1.165, 1.54) is 29.5 Å². The summed E-state index contributed by atoms with van der Waals surface area (Å²) in [6.45, 7) is 10.2. The molecular weight excluding hydrogens is 236 g/mol. The van der Waals surface area contributed by atoms with E-state index >= 15 is 0 Å². The normalized spacial score (nSPS) is 22.9. The van der Waals surface area contributed by atoms with Gasteiger partial charge in [0.05, 0.1) is 10.7 Å². The van der Waals surface area contributed by atoms with Gasteiger partial charge in [-0.05, 0) is 12.8 Å². The lowest BCUT2D eigenvalue weighted by molar-refractivity contribution is 0.258. The maximum atomic E-state index is 4.54. The number of nitrogens with zero attached hydrogens (tertiary/aromatic N) is 2. The van der Waals surface area contributed by atoms with Crippen molar-refractivity contribution in [1.82, 2.24) is 9.88 Å². The van der Waals surface area contributed by atoms with Crippen LogP contribution >= 0.6 is 23.1 Å². The van der Waals surface area contributed by atoms with Crippen LogP contribution < -0.4 is 0 Å². The molecule has 90 valence electrons. The molecule has 0 radical (unpaired) electrons. The van der Waals surface area contributed by atoms with Gasteiger partial charge >= 0.3 is 0 Å². The first kappa shape index (κ1) is 12.4. The fraction of sp³-hybridized carbons (Fsp3) is 0.750. The van der Waals surface area contributed by atoms with Crippen molar-refractivity contribution < 1.29 is 0 Å². The molecule has 1 atom stereocenters. The molecule has 1 fully saturated rings. The van der Waals surface area contributed by atoms with Gasteiger partial charge in [0.2, 0.25) is 0 Å². The third-order valence-corrected chi connectivity index (χ3v) is 5.34. The molecule has 2 heterocycles. The van der Waals surface area contributed by atoms with Gasteiger partial charge in [0.15, 0.2) is 0 Å². The highest BCUT2D eigenvalue weighted by Crippen LogP contribution is 2.25. The Kier molecular flexibility index (Phi) is 4.27. The molecule has 1 saturated heterocycles. The predicted molar refractivity (Wildman–Crippen MR) is 73.2 cm³/mol. The summed E-state index contributed by atoms with van der Waals surface area (Å²) >= 11 is 3.89. The molecule has 0 N–H and O–H groups in total. The Labute approximate surface area is 106 Å². The van der Waals surface area contributed by atoms with Crippen molar-refractivity contribution in [3.05, 3.63) is 16.1 Å². The zero-order valence-electron chi connectivity index (χ0n) is 10.3. The van der Waals surface area contributed by atoms with Crippen LogP contribution in [0.5, 0.6) is 0 Å². The van der Waals surface area contributed by atoms with Crippen molar-refractivity contribution in [2.45, 2.75) is 32.6 Å². The second kappa shape index (κ2) is 5.52. The molecule has 0 amide bonds. The first-order chi connectivity index (χ1) is 7.65. The van der Waals surface area contributed by atoms with Crippen LogP contribution in [-0.4, -0.2) is 34.0 Å². The van der Waals surface area contributed by atoms with Crippen LogP contribution in [0.1, 0.15) is 24.5 Å². The molecule has 1 aliphatic heterocycles. The second-order valence-corrected chi connectivity index (χ2v) is 7.16. The molecule has 16 heavy (non-hydrogen) atoms. The molecule has 0 aromatic carbocycles. The standard InChI is InChI=1S/C12H20N2S2/c1-9(2)12-7-14(4-5-15-12)6-11-8-16-10(3)13-11/h8-9,12H,4-7H2,1-3H3/t12-/m1/s1. The summed E-state index contributed by atoms with van der Waals surface area (Å²) in [5.41, 5.74) is 1.25. The first-order valence-electron chi connectivity index (χ1n) is 5.90. The van der Waals surface area contributed by atoms with Crippen LogP contribution in [0.2, 0.25) is 0 Å². The van der Waals surface area contributed by atoms with Crippen molar-refractivity contribution in [3.63, 3.8) is 0 Å². The summed E-state index contributed by atoms with van der Waals surface area (Å²) in [4.78, 5) is 7.10. The number of thioether (sulfide) groups is 1. The summed E-state index contributed by atoms with van der Waals surface area (Å²) in [5.74, 6) is 2.05. The highest BCUT2D eigenvalue weighted by molar-refractivity contribution is 8.00. The Morgan fingerprint density at radius 3 is 3.00 bits per heavy atom. The smallest absolute Gasteiger partial charge is 0.0897 e. The van der Waals surface area contributed by atoms with Crippen molar-refractivity contribution >= 4 is 23.1 Å². The molecular formula is C12H20N2S2. The number of hydrogen-bond donors (Lipinski definition) is 0. The summed E-state index contributed by atoms with van der Waals surface area (Å²) in [5, 5.41) is 4.18. The van der Waals surface area contributed by atoms with E-state index < -0.39 is 0 Å². The fourth-order valence-electron chi connectivity index (χ4n) is 1.99. The first-order valence-corrected chi connectivity index (χ1v) is 7.83. The van der Waals surface area contributed by atoms with Gasteiger partial charge in [-0.15, -0.1) is 11.3 Å². The highest BCUT2D eigenvalue weighted by atomic mass is 32.2. The molecule has 1 aromatic heterocycles. The van der Waals surface area contributed by atoms with Crippen LogP contribution in [0.3, 0.4) is 0 Å². The average Bonchev–Trinajstić information content (AvgIpc) is 2.64. The van der Waals surface area contributed by atoms with Gasteiger partial charge in [-0.3, -0.25) is 4.90 Å². The number of thiazole rings is 1. The Hall–Kier alpha value is -0.0600. The molecule has 2 rings (SSSR count). The molecule has 0 spiro atoms. The number of rotatable bonds is 3. The Morgan fingerprint density at radius 1 is 1.56 bits per heavy atom. The molecule has 0 bridgehead atoms. The maximum absolute atomic E-state index is 4.54. The summed E-state index contributed by atoms with van der Waals surface area (Å²) in [6, 6.07) is 0. The fourth-order valence-corrected chi connectivity index (χ4v) is 3.96. The van der Waals surface area contributed by atoms with Crippen LogP contribution in [-0.2, 0) is 6.54 Å². The van der Waals surface area contributed by atoms with Gasteiger partial charge in [0.1, 0.15) is 0 Å². The van der Waals surface area contributed by atoms with Crippen molar-refractivity contribution in [1.29, 1.82) is 0 Å². The van der Waals surface area contributed by atoms with Crippen LogP contribution in [0, 0.1) is 12.8 Å². The van der Waals surface area contributed by atoms with E-state index in [0.29, 0.717) is 0 Å². The maximum Gasteiger partial charge on any atom is 0.0897 e. The Balaban J connectivity index is 1.90. The number of hydrogen-bond acceptors (Lipinski definition) is 4. The van der Waals surface area contributed by atoms with Crippen LogP contribution in [0.15, 0.2) is 5.38 Å². The molecule has 2 nitrogen and oxygen atoms in total. The van der Waals surface area contributed by atoms with Crippen molar-refractivity contribution in [3.8, 4) is 0 Å². The Bertz CT molecular complexity index is 336. The molecule has 0 saturated carbocycles. The average molecular weight is 256 g/mol. The van der Waals surface area contributed by atoms with Crippen molar-refractivity contribution in [2.24, 2.45) is 5.92 Å². The van der Waals surface area contributed by atoms with E-state index in [4.69, 9.17) is 0 Å². The summed E-state index contributed by atoms with van der Waals surface area (Å²) < 4.78 is 0. The minimum atomic E-state index is 0.782. The topological polar surface area (TPSA) is 16.1 Å². The molecule has 0 aliphatic carbocycles. The summed E-state index contributed by atoms with van der Waals surface area (Å²) in [6.07, 6.45) is 0. The second-order valence-electron chi connectivity index (χ2n) is 4.75. The quantitative estimate of drug-likeness (QED) is 0.827. The predicted octanol–water partition coefficient (Wildman–Crippen LogP) is 3.02. The van der Waals surface area contributed by atoms with Crippen LogP contribution in [0.25, 0.3) is 0 Å². The van der Waals surface area contributed by atoms with Crippen molar-refractivity contribution in [2.75, 3.05) is 18.8 Å². The molecule has 1 aliphatic rings. The largest absolute Gasteiger partial charge is 0.296 e. The lowest BCUT2D eigenvalue weighted by Gasteiger charge is -2.33. The van der Waals surface area contributed by atoms with E-state index in [9.17, 15) is 0 Å². The third-order valence-electron chi connectivity index (χ3n) is 2.97.